The lowest BCUT2D eigenvalue weighted by Gasteiger charge is -2.12. The van der Waals surface area contributed by atoms with Gasteiger partial charge in [0.1, 0.15) is 11.5 Å². The highest BCUT2D eigenvalue weighted by molar-refractivity contribution is 6.31. The molecule has 4 aromatic rings. The van der Waals surface area contributed by atoms with Crippen LogP contribution < -0.4 is 4.74 Å². The molecule has 1 aliphatic rings. The normalized spacial score (nSPS) is 11.9. The van der Waals surface area contributed by atoms with E-state index in [1.54, 1.807) is 0 Å². The molecule has 0 saturated carbocycles. The molecule has 0 atom stereocenters. The van der Waals surface area contributed by atoms with Gasteiger partial charge in [0.25, 0.3) is 0 Å². The lowest BCUT2D eigenvalue weighted by molar-refractivity contribution is 0.493. The zero-order valence-electron chi connectivity index (χ0n) is 12.8. The van der Waals surface area contributed by atoms with Crippen LogP contribution in [-0.4, -0.2) is 0 Å². The van der Waals surface area contributed by atoms with Gasteiger partial charge in [-0.25, -0.2) is 0 Å². The van der Waals surface area contributed by atoms with E-state index in [0.29, 0.717) is 5.02 Å². The molecule has 5 rings (SSSR count). The van der Waals surface area contributed by atoms with Crippen LogP contribution in [0, 0.1) is 0 Å². The van der Waals surface area contributed by atoms with E-state index in [9.17, 15) is 0 Å². The largest absolute Gasteiger partial charge is 0.455 e. The minimum Gasteiger partial charge on any atom is -0.455 e. The Hall–Kier alpha value is -2.77. The Morgan fingerprint density at radius 3 is 2.25 bits per heavy atom. The summed E-state index contributed by atoms with van der Waals surface area (Å²) in [4.78, 5) is 0. The maximum atomic E-state index is 6.39. The van der Waals surface area contributed by atoms with Gasteiger partial charge in [-0.2, -0.15) is 0 Å². The molecule has 0 bridgehead atoms. The molecule has 24 heavy (non-hydrogen) atoms. The number of halogens is 1. The maximum Gasteiger partial charge on any atom is 0.143 e. The van der Waals surface area contributed by atoms with Crippen molar-refractivity contribution in [2.75, 3.05) is 0 Å². The Labute approximate surface area is 145 Å². The van der Waals surface area contributed by atoms with Gasteiger partial charge in [0.15, 0.2) is 0 Å². The van der Waals surface area contributed by atoms with Crippen molar-refractivity contribution in [3.8, 4) is 33.8 Å². The Bertz CT molecular complexity index is 1100. The number of ether oxygens (including phenoxy) is 1. The molecule has 0 aromatic heterocycles. The summed E-state index contributed by atoms with van der Waals surface area (Å²) in [5.41, 5.74) is 4.44. The molecule has 4 aromatic carbocycles. The molecule has 1 heterocycles. The zero-order valence-corrected chi connectivity index (χ0v) is 13.5. The van der Waals surface area contributed by atoms with Gasteiger partial charge in [-0.3, -0.25) is 0 Å². The summed E-state index contributed by atoms with van der Waals surface area (Å²) < 4.78 is 6.39. The fourth-order valence-electron chi connectivity index (χ4n) is 3.43. The van der Waals surface area contributed by atoms with Crippen molar-refractivity contribution in [2.45, 2.75) is 0 Å². The molecule has 1 aliphatic heterocycles. The van der Waals surface area contributed by atoms with Gasteiger partial charge in [-0.1, -0.05) is 66.2 Å². The average Bonchev–Trinajstić information content (AvgIpc) is 2.77. The summed E-state index contributed by atoms with van der Waals surface area (Å²) in [5, 5.41) is 3.00. The molecule has 0 spiro atoms. The molecule has 0 N–H and O–H groups in total. The molecule has 0 fully saturated rings. The predicted octanol–water partition coefficient (Wildman–Crippen LogP) is 6.93. The van der Waals surface area contributed by atoms with Crippen molar-refractivity contribution in [3.63, 3.8) is 0 Å². The van der Waals surface area contributed by atoms with E-state index in [4.69, 9.17) is 16.3 Å². The van der Waals surface area contributed by atoms with Gasteiger partial charge in [-0.05, 0) is 40.8 Å². The molecule has 0 saturated heterocycles. The van der Waals surface area contributed by atoms with Crippen LogP contribution in [0.1, 0.15) is 0 Å². The third kappa shape index (κ3) is 1.95. The summed E-state index contributed by atoms with van der Waals surface area (Å²) in [7, 11) is 0. The Kier molecular flexibility index (Phi) is 2.91. The van der Waals surface area contributed by atoms with Crippen LogP contribution in [0.5, 0.6) is 11.5 Å². The van der Waals surface area contributed by atoms with Crippen LogP contribution in [0.4, 0.5) is 0 Å². The second-order valence-corrected chi connectivity index (χ2v) is 6.39. The van der Waals surface area contributed by atoms with E-state index in [1.165, 1.54) is 10.9 Å². The summed E-state index contributed by atoms with van der Waals surface area (Å²) in [5.74, 6) is 1.74. The fraction of sp³-hybridized carbons (Fsp3) is 0. The lowest BCUT2D eigenvalue weighted by atomic mass is 9.93. The third-order valence-corrected chi connectivity index (χ3v) is 4.78. The van der Waals surface area contributed by atoms with E-state index in [1.807, 2.05) is 30.3 Å². The molecule has 0 radical (unpaired) electrons. The molecule has 1 nitrogen and oxygen atoms in total. The second-order valence-electron chi connectivity index (χ2n) is 5.95. The molecule has 0 aliphatic carbocycles. The van der Waals surface area contributed by atoms with Gasteiger partial charge in [0.2, 0.25) is 0 Å². The smallest absolute Gasteiger partial charge is 0.143 e. The van der Waals surface area contributed by atoms with Crippen LogP contribution in [0.3, 0.4) is 0 Å². The first-order chi connectivity index (χ1) is 11.8. The molecule has 2 heteroatoms. The van der Waals surface area contributed by atoms with Gasteiger partial charge in [-0.15, -0.1) is 0 Å². The topological polar surface area (TPSA) is 9.23 Å². The highest BCUT2D eigenvalue weighted by atomic mass is 35.5. The van der Waals surface area contributed by atoms with Crippen LogP contribution in [0.15, 0.2) is 78.9 Å². The van der Waals surface area contributed by atoms with E-state index in [-0.39, 0.29) is 0 Å². The van der Waals surface area contributed by atoms with Gasteiger partial charge < -0.3 is 4.74 Å². The second kappa shape index (κ2) is 5.12. The molecule has 114 valence electrons. The first kappa shape index (κ1) is 13.6. The van der Waals surface area contributed by atoms with Crippen molar-refractivity contribution < 1.29 is 4.74 Å². The quantitative estimate of drug-likeness (QED) is 0.299. The Balaban J connectivity index is 1.94. The highest BCUT2D eigenvalue weighted by Crippen LogP contribution is 2.49. The first-order valence-corrected chi connectivity index (χ1v) is 8.28. The van der Waals surface area contributed by atoms with Crippen molar-refractivity contribution in [1.82, 2.24) is 0 Å². The molecular weight excluding hydrogens is 316 g/mol. The third-order valence-electron chi connectivity index (χ3n) is 4.54. The SMILES string of the molecule is Clc1ccc2c(c1)-c1ccccc1-c1ccc3ccccc3c1O2. The fourth-order valence-corrected chi connectivity index (χ4v) is 3.60. The van der Waals surface area contributed by atoms with E-state index in [0.717, 1.165) is 33.6 Å². The van der Waals surface area contributed by atoms with Gasteiger partial charge in [0.05, 0.1) is 0 Å². The Morgan fingerprint density at radius 2 is 1.38 bits per heavy atom. The molecule has 0 amide bonds. The summed E-state index contributed by atoms with van der Waals surface area (Å²) in [6.45, 7) is 0. The molecular formula is C22H13ClO. The van der Waals surface area contributed by atoms with Crippen molar-refractivity contribution in [3.05, 3.63) is 83.9 Å². The number of hydrogen-bond acceptors (Lipinski definition) is 1. The van der Waals surface area contributed by atoms with Crippen LogP contribution in [0.25, 0.3) is 33.0 Å². The summed E-state index contributed by atoms with van der Waals surface area (Å²) >= 11 is 6.25. The van der Waals surface area contributed by atoms with E-state index in [2.05, 4.69) is 48.5 Å². The van der Waals surface area contributed by atoms with Crippen molar-refractivity contribution in [2.24, 2.45) is 0 Å². The van der Waals surface area contributed by atoms with Gasteiger partial charge >= 0.3 is 0 Å². The van der Waals surface area contributed by atoms with Crippen LogP contribution in [-0.2, 0) is 0 Å². The predicted molar refractivity (Wildman–Crippen MR) is 99.9 cm³/mol. The zero-order chi connectivity index (χ0) is 16.1. The van der Waals surface area contributed by atoms with E-state index < -0.39 is 0 Å². The first-order valence-electron chi connectivity index (χ1n) is 7.90. The highest BCUT2D eigenvalue weighted by Gasteiger charge is 2.22. The summed E-state index contributed by atoms with van der Waals surface area (Å²) in [6.07, 6.45) is 0. The van der Waals surface area contributed by atoms with Crippen LogP contribution >= 0.6 is 11.6 Å². The number of benzene rings is 4. The van der Waals surface area contributed by atoms with Crippen molar-refractivity contribution >= 4 is 22.4 Å². The number of rotatable bonds is 0. The monoisotopic (exact) mass is 328 g/mol. The maximum absolute atomic E-state index is 6.39. The van der Waals surface area contributed by atoms with Gasteiger partial charge in [0, 0.05) is 21.5 Å². The average molecular weight is 329 g/mol. The molecule has 0 unspecified atom stereocenters. The van der Waals surface area contributed by atoms with E-state index >= 15 is 0 Å². The van der Waals surface area contributed by atoms with Crippen molar-refractivity contribution in [1.29, 1.82) is 0 Å². The van der Waals surface area contributed by atoms with Crippen LogP contribution in [0.2, 0.25) is 5.02 Å². The summed E-state index contributed by atoms with van der Waals surface area (Å²) in [6, 6.07) is 26.8. The minimum absolute atomic E-state index is 0.711. The standard InChI is InChI=1S/C22H13ClO/c23-15-10-12-21-20(13-15)18-8-4-3-7-17(18)19-11-9-14-5-1-2-6-16(14)22(19)24-21/h1-13H. The number of fused-ring (bicyclic) bond motifs is 7. The number of hydrogen-bond donors (Lipinski definition) is 0. The Morgan fingerprint density at radius 1 is 0.625 bits per heavy atom. The lowest BCUT2D eigenvalue weighted by Crippen LogP contribution is -1.88. The minimum atomic E-state index is 0.711.